The Morgan fingerprint density at radius 2 is 2.21 bits per heavy atom. The minimum atomic E-state index is -1.24. The molecule has 1 aromatic heterocycles. The zero-order valence-electron chi connectivity index (χ0n) is 8.41. The molecule has 2 rings (SSSR count). The van der Waals surface area contributed by atoms with E-state index in [1.54, 1.807) is 24.0 Å². The van der Waals surface area contributed by atoms with Crippen molar-refractivity contribution in [2.24, 2.45) is 12.8 Å². The number of aromatic nitrogens is 2. The molecule has 2 N–H and O–H groups in total. The standard InChI is InChI=1S/C10H16FN3/c1-14-7-4-9(13-14)10(11)5-2-8(12)3-6-10/h4,7-8H,2-3,5-6,12H2,1H3. The molecule has 1 aromatic rings. The van der Waals surface area contributed by atoms with Crippen LogP contribution in [0.1, 0.15) is 31.4 Å². The van der Waals surface area contributed by atoms with Crippen molar-refractivity contribution in [3.63, 3.8) is 0 Å². The summed E-state index contributed by atoms with van der Waals surface area (Å²) in [7, 11) is 1.81. The van der Waals surface area contributed by atoms with E-state index in [0.717, 1.165) is 12.8 Å². The number of nitrogens with zero attached hydrogens (tertiary/aromatic N) is 2. The van der Waals surface area contributed by atoms with Crippen LogP contribution >= 0.6 is 0 Å². The molecule has 1 fully saturated rings. The normalized spacial score (nSPS) is 33.2. The molecule has 3 nitrogen and oxygen atoms in total. The SMILES string of the molecule is Cn1ccc(C2(F)CCC(N)CC2)n1. The van der Waals surface area contributed by atoms with E-state index in [4.69, 9.17) is 5.73 Å². The molecule has 1 saturated carbocycles. The van der Waals surface area contributed by atoms with Gasteiger partial charge in [-0.2, -0.15) is 5.10 Å². The third-order valence-electron chi connectivity index (χ3n) is 3.00. The van der Waals surface area contributed by atoms with E-state index in [0.29, 0.717) is 18.5 Å². The van der Waals surface area contributed by atoms with E-state index in [1.165, 1.54) is 0 Å². The van der Waals surface area contributed by atoms with Gasteiger partial charge in [0.1, 0.15) is 0 Å². The molecule has 0 aromatic carbocycles. The van der Waals surface area contributed by atoms with Gasteiger partial charge in [-0.15, -0.1) is 0 Å². The molecule has 0 saturated heterocycles. The third kappa shape index (κ3) is 1.66. The molecule has 1 heterocycles. The summed E-state index contributed by atoms with van der Waals surface area (Å²) in [6.45, 7) is 0. The largest absolute Gasteiger partial charge is 0.328 e. The van der Waals surface area contributed by atoms with Crippen LogP contribution in [0.3, 0.4) is 0 Å². The van der Waals surface area contributed by atoms with Crippen LogP contribution in [-0.2, 0) is 12.7 Å². The molecule has 1 aliphatic rings. The molecule has 0 radical (unpaired) electrons. The highest BCUT2D eigenvalue weighted by molar-refractivity contribution is 5.12. The Hall–Kier alpha value is -0.900. The fourth-order valence-electron chi connectivity index (χ4n) is 2.01. The van der Waals surface area contributed by atoms with Gasteiger partial charge in [-0.3, -0.25) is 4.68 Å². The van der Waals surface area contributed by atoms with Gasteiger partial charge in [0.15, 0.2) is 5.67 Å². The molecule has 0 atom stereocenters. The second-order valence-electron chi connectivity index (χ2n) is 4.18. The molecule has 0 spiro atoms. The van der Waals surface area contributed by atoms with Crippen LogP contribution < -0.4 is 5.73 Å². The van der Waals surface area contributed by atoms with Crippen LogP contribution in [0.2, 0.25) is 0 Å². The lowest BCUT2D eigenvalue weighted by molar-refractivity contribution is 0.0922. The van der Waals surface area contributed by atoms with Gasteiger partial charge < -0.3 is 5.73 Å². The molecule has 0 amide bonds. The number of rotatable bonds is 1. The smallest absolute Gasteiger partial charge is 0.154 e. The van der Waals surface area contributed by atoms with Gasteiger partial charge in [0, 0.05) is 19.3 Å². The zero-order chi connectivity index (χ0) is 10.2. The Kier molecular flexibility index (Phi) is 2.31. The van der Waals surface area contributed by atoms with E-state index in [1.807, 2.05) is 0 Å². The van der Waals surface area contributed by atoms with Gasteiger partial charge in [-0.1, -0.05) is 0 Å². The second kappa shape index (κ2) is 3.35. The van der Waals surface area contributed by atoms with Gasteiger partial charge >= 0.3 is 0 Å². The van der Waals surface area contributed by atoms with Gasteiger partial charge in [0.25, 0.3) is 0 Å². The molecule has 0 aliphatic heterocycles. The van der Waals surface area contributed by atoms with Gasteiger partial charge in [-0.25, -0.2) is 4.39 Å². The first-order chi connectivity index (χ1) is 6.60. The fourth-order valence-corrected chi connectivity index (χ4v) is 2.01. The minimum Gasteiger partial charge on any atom is -0.328 e. The maximum atomic E-state index is 14.4. The van der Waals surface area contributed by atoms with Gasteiger partial charge in [-0.05, 0) is 31.7 Å². The zero-order valence-corrected chi connectivity index (χ0v) is 8.41. The summed E-state index contributed by atoms with van der Waals surface area (Å²) >= 11 is 0. The van der Waals surface area contributed by atoms with E-state index >= 15 is 0 Å². The van der Waals surface area contributed by atoms with Crippen molar-refractivity contribution in [3.8, 4) is 0 Å². The lowest BCUT2D eigenvalue weighted by atomic mass is 9.82. The molecule has 4 heteroatoms. The van der Waals surface area contributed by atoms with Crippen molar-refractivity contribution in [2.75, 3.05) is 0 Å². The average molecular weight is 197 g/mol. The topological polar surface area (TPSA) is 43.8 Å². The van der Waals surface area contributed by atoms with Crippen LogP contribution in [0, 0.1) is 0 Å². The molecule has 14 heavy (non-hydrogen) atoms. The van der Waals surface area contributed by atoms with Gasteiger partial charge in [0.2, 0.25) is 0 Å². The van der Waals surface area contributed by atoms with Crippen molar-refractivity contribution in [2.45, 2.75) is 37.4 Å². The first kappa shape index (κ1) is 9.65. The number of aryl methyl sites for hydroxylation is 1. The maximum absolute atomic E-state index is 14.4. The van der Waals surface area contributed by atoms with E-state index in [2.05, 4.69) is 5.10 Å². The average Bonchev–Trinajstić information content (AvgIpc) is 2.58. The predicted octanol–water partition coefficient (Wildman–Crippen LogP) is 1.49. The molecule has 78 valence electrons. The summed E-state index contributed by atoms with van der Waals surface area (Å²) in [4.78, 5) is 0. The van der Waals surface area contributed by atoms with E-state index < -0.39 is 5.67 Å². The monoisotopic (exact) mass is 197 g/mol. The molecular weight excluding hydrogens is 181 g/mol. The van der Waals surface area contributed by atoms with Crippen molar-refractivity contribution >= 4 is 0 Å². The highest BCUT2D eigenvalue weighted by Crippen LogP contribution is 2.39. The van der Waals surface area contributed by atoms with Crippen molar-refractivity contribution < 1.29 is 4.39 Å². The van der Waals surface area contributed by atoms with Crippen molar-refractivity contribution in [1.82, 2.24) is 9.78 Å². The number of alkyl halides is 1. The second-order valence-corrected chi connectivity index (χ2v) is 4.18. The Bertz CT molecular complexity index is 313. The molecule has 0 unspecified atom stereocenters. The molecular formula is C10H16FN3. The van der Waals surface area contributed by atoms with Crippen LogP contribution in [0.5, 0.6) is 0 Å². The number of halogens is 1. The Morgan fingerprint density at radius 1 is 1.57 bits per heavy atom. The van der Waals surface area contributed by atoms with Crippen LogP contribution in [-0.4, -0.2) is 15.8 Å². The number of hydrogen-bond acceptors (Lipinski definition) is 2. The van der Waals surface area contributed by atoms with E-state index in [9.17, 15) is 4.39 Å². The predicted molar refractivity (Wildman–Crippen MR) is 52.4 cm³/mol. The Morgan fingerprint density at radius 3 is 2.71 bits per heavy atom. The summed E-state index contributed by atoms with van der Waals surface area (Å²) in [6.07, 6.45) is 4.31. The Balaban J connectivity index is 2.16. The summed E-state index contributed by atoms with van der Waals surface area (Å²) in [5.41, 5.74) is 5.07. The highest BCUT2D eigenvalue weighted by Gasteiger charge is 2.37. The summed E-state index contributed by atoms with van der Waals surface area (Å²) in [5, 5.41) is 4.13. The molecule has 1 aliphatic carbocycles. The minimum absolute atomic E-state index is 0.169. The van der Waals surface area contributed by atoms with Crippen LogP contribution in [0.15, 0.2) is 12.3 Å². The summed E-state index contributed by atoms with van der Waals surface area (Å²) in [6, 6.07) is 1.93. The number of nitrogens with two attached hydrogens (primary N) is 1. The lowest BCUT2D eigenvalue weighted by Gasteiger charge is -2.30. The summed E-state index contributed by atoms with van der Waals surface area (Å²) < 4.78 is 16.0. The summed E-state index contributed by atoms with van der Waals surface area (Å²) in [5.74, 6) is 0. The van der Waals surface area contributed by atoms with Crippen molar-refractivity contribution in [3.05, 3.63) is 18.0 Å². The van der Waals surface area contributed by atoms with Crippen molar-refractivity contribution in [1.29, 1.82) is 0 Å². The highest BCUT2D eigenvalue weighted by atomic mass is 19.1. The van der Waals surface area contributed by atoms with E-state index in [-0.39, 0.29) is 6.04 Å². The third-order valence-corrected chi connectivity index (χ3v) is 3.00. The lowest BCUT2D eigenvalue weighted by Crippen LogP contribution is -2.34. The number of hydrogen-bond donors (Lipinski definition) is 1. The quantitative estimate of drug-likeness (QED) is 0.741. The maximum Gasteiger partial charge on any atom is 0.154 e. The fraction of sp³-hybridized carbons (Fsp3) is 0.700. The van der Waals surface area contributed by atoms with Gasteiger partial charge in [0.05, 0.1) is 5.69 Å². The Labute approximate surface area is 83.1 Å². The first-order valence-electron chi connectivity index (χ1n) is 5.05. The van der Waals surface area contributed by atoms with Crippen LogP contribution in [0.25, 0.3) is 0 Å². The first-order valence-corrected chi connectivity index (χ1v) is 5.05. The molecule has 0 bridgehead atoms. The van der Waals surface area contributed by atoms with Crippen LogP contribution in [0.4, 0.5) is 4.39 Å².